The highest BCUT2D eigenvalue weighted by molar-refractivity contribution is 6.92. The molecule has 2 aromatic heterocycles. The zero-order valence-electron chi connectivity index (χ0n) is 6.87. The number of aromatic amines is 2. The first-order chi connectivity index (χ1) is 5.27. The minimum Gasteiger partial charge on any atom is -0.369 e. The molecule has 0 saturated carbocycles. The minimum absolute atomic E-state index is 0. The molecule has 2 aromatic rings. The lowest BCUT2D eigenvalue weighted by atomic mass is 10.5. The Morgan fingerprint density at radius 1 is 1.46 bits per heavy atom. The van der Waals surface area contributed by atoms with Crippen LogP contribution in [-0.2, 0) is 0 Å². The predicted octanol–water partition coefficient (Wildman–Crippen LogP) is -0.552. The number of hydrogen-bond acceptors (Lipinski definition) is 5. The van der Waals surface area contributed by atoms with Crippen LogP contribution in [0.15, 0.2) is 11.1 Å². The van der Waals surface area contributed by atoms with Gasteiger partial charge in [0, 0.05) is 0 Å². The fraction of sp³-hybridized carbons (Fsp3) is 0. The fourth-order valence-electron chi connectivity index (χ4n) is 0.860. The van der Waals surface area contributed by atoms with Gasteiger partial charge in [-0.05, 0) is 0 Å². The van der Waals surface area contributed by atoms with Crippen LogP contribution in [0.25, 0.3) is 11.2 Å². The second-order valence-corrected chi connectivity index (χ2v) is 2.05. The van der Waals surface area contributed by atoms with Crippen LogP contribution in [0.4, 0.5) is 5.95 Å². The number of nitrogen functional groups attached to an aromatic ring is 1. The number of hydrogen-bond donors (Lipinski definition) is 4. The van der Waals surface area contributed by atoms with Gasteiger partial charge in [-0.2, -0.15) is 14.9 Å². The first-order valence-electron chi connectivity index (χ1n) is 2.96. The van der Waals surface area contributed by atoms with Crippen LogP contribution in [0.3, 0.4) is 0 Å². The number of fused-ring (bicyclic) bond motifs is 1. The van der Waals surface area contributed by atoms with Crippen LogP contribution in [0, 0.1) is 0 Å². The van der Waals surface area contributed by atoms with Gasteiger partial charge >= 0.3 is 0 Å². The zero-order valence-corrected chi connectivity index (χ0v) is 8.29. The summed E-state index contributed by atoms with van der Waals surface area (Å²) in [5.74, 6) is 0.0783. The SMILES string of the molecule is N.Nc1nc2nc[nH]c2c(=O)[nH]1.P. The Balaban J connectivity index is 0.000000720. The number of imidazole rings is 1. The smallest absolute Gasteiger partial charge is 0.278 e. The van der Waals surface area contributed by atoms with Gasteiger partial charge in [0.2, 0.25) is 5.95 Å². The van der Waals surface area contributed by atoms with Crippen LogP contribution in [0.5, 0.6) is 0 Å². The Morgan fingerprint density at radius 3 is 2.85 bits per heavy atom. The van der Waals surface area contributed by atoms with Gasteiger partial charge in [-0.1, -0.05) is 0 Å². The topological polar surface area (TPSA) is 135 Å². The Labute approximate surface area is 76.4 Å². The molecule has 0 radical (unpaired) electrons. The van der Waals surface area contributed by atoms with Crippen molar-refractivity contribution in [2.75, 3.05) is 5.73 Å². The molecule has 7 N–H and O–H groups in total. The molecule has 0 bridgehead atoms. The molecular formula is C5H11N6OP. The molecule has 8 heteroatoms. The molecule has 0 aliphatic carbocycles. The van der Waals surface area contributed by atoms with Crippen LogP contribution >= 0.6 is 9.90 Å². The van der Waals surface area contributed by atoms with Crippen LogP contribution in [0.1, 0.15) is 0 Å². The third-order valence-electron chi connectivity index (χ3n) is 1.31. The van der Waals surface area contributed by atoms with Gasteiger partial charge < -0.3 is 16.9 Å². The average Bonchev–Trinajstić information content (AvgIpc) is 2.34. The molecule has 13 heavy (non-hydrogen) atoms. The summed E-state index contributed by atoms with van der Waals surface area (Å²) < 4.78 is 0. The second kappa shape index (κ2) is 3.97. The summed E-state index contributed by atoms with van der Waals surface area (Å²) in [4.78, 5) is 23.5. The summed E-state index contributed by atoms with van der Waals surface area (Å²) in [6, 6.07) is 0. The second-order valence-electron chi connectivity index (χ2n) is 2.05. The Hall–Kier alpha value is -1.46. The van der Waals surface area contributed by atoms with Crippen molar-refractivity contribution in [3.8, 4) is 0 Å². The molecule has 2 rings (SSSR count). The van der Waals surface area contributed by atoms with Crippen LogP contribution in [0.2, 0.25) is 0 Å². The third kappa shape index (κ3) is 1.82. The maximum Gasteiger partial charge on any atom is 0.278 e. The molecule has 7 nitrogen and oxygen atoms in total. The lowest BCUT2D eigenvalue weighted by Gasteiger charge is -1.89. The van der Waals surface area contributed by atoms with Crippen molar-refractivity contribution >= 4 is 27.0 Å². The molecule has 0 spiro atoms. The first-order valence-corrected chi connectivity index (χ1v) is 2.96. The number of H-pyrrole nitrogens is 2. The van der Waals surface area contributed by atoms with E-state index in [-0.39, 0.29) is 27.6 Å². The van der Waals surface area contributed by atoms with Crippen molar-refractivity contribution in [2.24, 2.45) is 0 Å². The van der Waals surface area contributed by atoms with Gasteiger partial charge in [0.05, 0.1) is 6.33 Å². The van der Waals surface area contributed by atoms with E-state index in [1.54, 1.807) is 0 Å². The number of anilines is 1. The van der Waals surface area contributed by atoms with E-state index in [0.717, 1.165) is 0 Å². The highest BCUT2D eigenvalue weighted by Gasteiger charge is 2.01. The van der Waals surface area contributed by atoms with E-state index < -0.39 is 0 Å². The van der Waals surface area contributed by atoms with Crippen LogP contribution in [-0.4, -0.2) is 19.9 Å². The van der Waals surface area contributed by atoms with Crippen LogP contribution < -0.4 is 17.4 Å². The molecule has 1 unspecified atom stereocenters. The molecule has 0 aliphatic rings. The number of nitrogens with two attached hydrogens (primary N) is 1. The Bertz CT molecular complexity index is 447. The van der Waals surface area contributed by atoms with E-state index in [9.17, 15) is 4.79 Å². The summed E-state index contributed by atoms with van der Waals surface area (Å²) in [5, 5.41) is 0. The maximum atomic E-state index is 11.0. The summed E-state index contributed by atoms with van der Waals surface area (Å²) in [6.45, 7) is 0. The largest absolute Gasteiger partial charge is 0.369 e. The van der Waals surface area contributed by atoms with E-state index in [1.165, 1.54) is 6.33 Å². The van der Waals surface area contributed by atoms with Gasteiger partial charge in [0.25, 0.3) is 5.56 Å². The van der Waals surface area contributed by atoms with Crippen molar-refractivity contribution in [3.05, 3.63) is 16.7 Å². The monoisotopic (exact) mass is 202 g/mol. The van der Waals surface area contributed by atoms with Crippen molar-refractivity contribution in [1.29, 1.82) is 0 Å². The summed E-state index contributed by atoms with van der Waals surface area (Å²) in [7, 11) is 0. The van der Waals surface area contributed by atoms with E-state index in [1.807, 2.05) is 0 Å². The molecule has 0 amide bonds. The molecule has 0 aliphatic heterocycles. The predicted molar refractivity (Wildman–Crippen MR) is 55.0 cm³/mol. The van der Waals surface area contributed by atoms with E-state index in [4.69, 9.17) is 5.73 Å². The zero-order chi connectivity index (χ0) is 7.84. The standard InChI is InChI=1S/C5H5N5O.H3N.H3P/c6-5-9-3-2(4(11)10-5)7-1-8-3;;/h1H,(H4,6,7,8,9,10,11);2*1H3. The molecule has 0 fully saturated rings. The van der Waals surface area contributed by atoms with Crippen molar-refractivity contribution in [1.82, 2.24) is 26.1 Å². The molecular weight excluding hydrogens is 191 g/mol. The number of aromatic nitrogens is 4. The quantitative estimate of drug-likeness (QED) is 0.425. The number of rotatable bonds is 0. The van der Waals surface area contributed by atoms with Gasteiger partial charge in [0.1, 0.15) is 0 Å². The van der Waals surface area contributed by atoms with E-state index in [0.29, 0.717) is 11.2 Å². The van der Waals surface area contributed by atoms with Crippen molar-refractivity contribution in [3.63, 3.8) is 0 Å². The van der Waals surface area contributed by atoms with Gasteiger partial charge in [0.15, 0.2) is 11.2 Å². The lowest BCUT2D eigenvalue weighted by molar-refractivity contribution is 1.17. The minimum atomic E-state index is -0.301. The van der Waals surface area contributed by atoms with Crippen molar-refractivity contribution < 1.29 is 0 Å². The summed E-state index contributed by atoms with van der Waals surface area (Å²) in [6.07, 6.45) is 1.40. The van der Waals surface area contributed by atoms with E-state index >= 15 is 0 Å². The molecule has 0 saturated heterocycles. The Morgan fingerprint density at radius 2 is 2.15 bits per heavy atom. The molecule has 2 heterocycles. The first kappa shape index (κ1) is 11.5. The summed E-state index contributed by atoms with van der Waals surface area (Å²) >= 11 is 0. The molecule has 1 atom stereocenters. The Kier molecular flexibility index (Phi) is 3.53. The molecule has 72 valence electrons. The number of nitrogens with one attached hydrogen (secondary N) is 2. The normalized spacial score (nSPS) is 8.92. The van der Waals surface area contributed by atoms with E-state index in [2.05, 4.69) is 19.9 Å². The highest BCUT2D eigenvalue weighted by atomic mass is 31.0. The lowest BCUT2D eigenvalue weighted by Crippen LogP contribution is -2.10. The van der Waals surface area contributed by atoms with Gasteiger partial charge in [-0.3, -0.25) is 9.78 Å². The van der Waals surface area contributed by atoms with Gasteiger partial charge in [-0.15, -0.1) is 0 Å². The van der Waals surface area contributed by atoms with Crippen molar-refractivity contribution in [2.45, 2.75) is 0 Å². The average molecular weight is 202 g/mol. The highest BCUT2D eigenvalue weighted by Crippen LogP contribution is 1.98. The molecule has 0 aromatic carbocycles. The fourth-order valence-corrected chi connectivity index (χ4v) is 0.860. The summed E-state index contributed by atoms with van der Waals surface area (Å²) in [5.41, 5.74) is 5.65. The van der Waals surface area contributed by atoms with Gasteiger partial charge in [-0.25, -0.2) is 4.98 Å². The third-order valence-corrected chi connectivity index (χ3v) is 1.31. The maximum absolute atomic E-state index is 11.0. The number of nitrogens with zero attached hydrogens (tertiary/aromatic N) is 2.